The van der Waals surface area contributed by atoms with Gasteiger partial charge in [-0.15, -0.1) is 0 Å². The Morgan fingerprint density at radius 1 is 1.15 bits per heavy atom. The molecule has 0 aromatic heterocycles. The van der Waals surface area contributed by atoms with Crippen molar-refractivity contribution in [2.45, 2.75) is 12.8 Å². The van der Waals surface area contributed by atoms with Crippen molar-refractivity contribution in [2.24, 2.45) is 0 Å². The zero-order valence-corrected chi connectivity index (χ0v) is 13.7. The van der Waals surface area contributed by atoms with Crippen LogP contribution in [0.1, 0.15) is 12.0 Å². The molecule has 1 aliphatic heterocycles. The quantitative estimate of drug-likeness (QED) is 0.794. The molecule has 2 rings (SSSR count). The van der Waals surface area contributed by atoms with Crippen LogP contribution in [0.2, 0.25) is 0 Å². The van der Waals surface area contributed by atoms with E-state index in [0.717, 1.165) is 61.7 Å². The molecule has 0 aliphatic carbocycles. The number of halogens is 1. The molecule has 0 amide bonds. The number of ether oxygens (including phenoxy) is 3. The smallest absolute Gasteiger partial charge is 0.136 e. The van der Waals surface area contributed by atoms with Crippen LogP contribution in [-0.4, -0.2) is 52.0 Å². The summed E-state index contributed by atoms with van der Waals surface area (Å²) in [5.74, 6) is 1.70. The summed E-state index contributed by atoms with van der Waals surface area (Å²) < 4.78 is 17.1. The molecule has 1 aromatic carbocycles. The minimum absolute atomic E-state index is 0.804. The van der Waals surface area contributed by atoms with Crippen LogP contribution >= 0.6 is 15.9 Å². The van der Waals surface area contributed by atoms with Crippen molar-refractivity contribution in [1.82, 2.24) is 4.90 Å². The van der Waals surface area contributed by atoms with Crippen molar-refractivity contribution in [3.05, 3.63) is 22.2 Å². The van der Waals surface area contributed by atoms with Crippen molar-refractivity contribution < 1.29 is 14.2 Å². The molecule has 1 saturated heterocycles. The largest absolute Gasteiger partial charge is 0.496 e. The molecule has 0 atom stereocenters. The van der Waals surface area contributed by atoms with Gasteiger partial charge in [-0.1, -0.05) is 0 Å². The van der Waals surface area contributed by atoms with Gasteiger partial charge in [0.15, 0.2) is 0 Å². The van der Waals surface area contributed by atoms with Gasteiger partial charge in [-0.2, -0.15) is 0 Å². The molecule has 1 aromatic rings. The molecule has 112 valence electrons. The molecule has 1 heterocycles. The second kappa shape index (κ2) is 7.86. The fourth-order valence-electron chi connectivity index (χ4n) is 2.44. The van der Waals surface area contributed by atoms with Crippen molar-refractivity contribution in [2.75, 3.05) is 47.1 Å². The van der Waals surface area contributed by atoms with Gasteiger partial charge in [-0.3, -0.25) is 4.90 Å². The minimum atomic E-state index is 0.804. The third-order valence-electron chi connectivity index (χ3n) is 3.58. The Bertz CT molecular complexity index is 433. The van der Waals surface area contributed by atoms with Gasteiger partial charge in [0, 0.05) is 19.2 Å². The SMILES string of the molecule is COc1cc(OC)c(CCCN2CCOCC2)cc1Br. The average Bonchev–Trinajstić information content (AvgIpc) is 2.48. The monoisotopic (exact) mass is 343 g/mol. The maximum Gasteiger partial charge on any atom is 0.136 e. The molecule has 0 N–H and O–H groups in total. The summed E-state index contributed by atoms with van der Waals surface area (Å²) in [6.07, 6.45) is 2.12. The Hall–Kier alpha value is -0.780. The first-order valence-electron chi connectivity index (χ1n) is 6.95. The van der Waals surface area contributed by atoms with Gasteiger partial charge < -0.3 is 14.2 Å². The van der Waals surface area contributed by atoms with E-state index in [1.54, 1.807) is 14.2 Å². The lowest BCUT2D eigenvalue weighted by Crippen LogP contribution is -2.36. The molecule has 0 saturated carbocycles. The molecule has 4 nitrogen and oxygen atoms in total. The molecule has 0 radical (unpaired) electrons. The van der Waals surface area contributed by atoms with Crippen LogP contribution in [0, 0.1) is 0 Å². The number of morpholine rings is 1. The summed E-state index contributed by atoms with van der Waals surface area (Å²) in [5.41, 5.74) is 1.22. The van der Waals surface area contributed by atoms with E-state index in [1.165, 1.54) is 5.56 Å². The molecular weight excluding hydrogens is 322 g/mol. The van der Waals surface area contributed by atoms with Crippen molar-refractivity contribution in [3.63, 3.8) is 0 Å². The normalized spacial score (nSPS) is 16.1. The Morgan fingerprint density at radius 2 is 1.85 bits per heavy atom. The zero-order chi connectivity index (χ0) is 14.4. The predicted octanol–water partition coefficient (Wildman–Crippen LogP) is 2.73. The van der Waals surface area contributed by atoms with Crippen LogP contribution in [0.4, 0.5) is 0 Å². The van der Waals surface area contributed by atoms with Gasteiger partial charge >= 0.3 is 0 Å². The average molecular weight is 344 g/mol. The van der Waals surface area contributed by atoms with E-state index >= 15 is 0 Å². The molecule has 1 aliphatic rings. The van der Waals surface area contributed by atoms with Crippen LogP contribution in [0.3, 0.4) is 0 Å². The van der Waals surface area contributed by atoms with E-state index < -0.39 is 0 Å². The standard InChI is InChI=1S/C15H22BrNO3/c1-18-14-11-15(19-2)13(16)10-12(14)4-3-5-17-6-8-20-9-7-17/h10-11H,3-9H2,1-2H3. The maximum atomic E-state index is 5.45. The zero-order valence-electron chi connectivity index (χ0n) is 12.2. The van der Waals surface area contributed by atoms with Crippen molar-refractivity contribution >= 4 is 15.9 Å². The second-order valence-electron chi connectivity index (χ2n) is 4.86. The predicted molar refractivity (Wildman–Crippen MR) is 82.8 cm³/mol. The van der Waals surface area contributed by atoms with Gasteiger partial charge in [-0.25, -0.2) is 0 Å². The highest BCUT2D eigenvalue weighted by Crippen LogP contribution is 2.33. The van der Waals surface area contributed by atoms with E-state index in [0.29, 0.717) is 0 Å². The van der Waals surface area contributed by atoms with Gasteiger partial charge in [0.1, 0.15) is 11.5 Å². The Balaban J connectivity index is 1.92. The summed E-state index contributed by atoms with van der Waals surface area (Å²) in [7, 11) is 3.37. The lowest BCUT2D eigenvalue weighted by molar-refractivity contribution is 0.0374. The third kappa shape index (κ3) is 4.11. The van der Waals surface area contributed by atoms with Crippen molar-refractivity contribution in [3.8, 4) is 11.5 Å². The highest BCUT2D eigenvalue weighted by molar-refractivity contribution is 9.10. The van der Waals surface area contributed by atoms with E-state index in [2.05, 4.69) is 26.9 Å². The Kier molecular flexibility index (Phi) is 6.13. The third-order valence-corrected chi connectivity index (χ3v) is 4.20. The Labute approximate surface area is 129 Å². The lowest BCUT2D eigenvalue weighted by Gasteiger charge is -2.26. The molecule has 1 fully saturated rings. The van der Waals surface area contributed by atoms with Crippen LogP contribution in [0.5, 0.6) is 11.5 Å². The number of nitrogens with zero attached hydrogens (tertiary/aromatic N) is 1. The van der Waals surface area contributed by atoms with Crippen LogP contribution in [-0.2, 0) is 11.2 Å². The Morgan fingerprint density at radius 3 is 2.50 bits per heavy atom. The first-order chi connectivity index (χ1) is 9.74. The number of methoxy groups -OCH3 is 2. The fraction of sp³-hybridized carbons (Fsp3) is 0.600. The molecule has 20 heavy (non-hydrogen) atoms. The summed E-state index contributed by atoms with van der Waals surface area (Å²) in [4.78, 5) is 2.45. The number of rotatable bonds is 6. The first kappa shape index (κ1) is 15.6. The number of benzene rings is 1. The molecule has 0 spiro atoms. The van der Waals surface area contributed by atoms with Gasteiger partial charge in [0.2, 0.25) is 0 Å². The topological polar surface area (TPSA) is 30.9 Å². The highest BCUT2D eigenvalue weighted by atomic mass is 79.9. The lowest BCUT2D eigenvalue weighted by atomic mass is 10.1. The molecule has 5 heteroatoms. The van der Waals surface area contributed by atoms with Gasteiger partial charge in [-0.05, 0) is 46.9 Å². The van der Waals surface area contributed by atoms with Gasteiger partial charge in [0.25, 0.3) is 0 Å². The molecule has 0 bridgehead atoms. The maximum absolute atomic E-state index is 5.45. The molecule has 0 unspecified atom stereocenters. The fourth-order valence-corrected chi connectivity index (χ4v) is 2.99. The van der Waals surface area contributed by atoms with Crippen LogP contribution in [0.25, 0.3) is 0 Å². The van der Waals surface area contributed by atoms with Crippen molar-refractivity contribution in [1.29, 1.82) is 0 Å². The summed E-state index contributed by atoms with van der Waals surface area (Å²) in [6.45, 7) is 4.91. The van der Waals surface area contributed by atoms with E-state index in [1.807, 2.05) is 6.07 Å². The van der Waals surface area contributed by atoms with E-state index in [4.69, 9.17) is 14.2 Å². The van der Waals surface area contributed by atoms with Gasteiger partial charge in [0.05, 0.1) is 31.9 Å². The summed E-state index contributed by atoms with van der Waals surface area (Å²) in [6, 6.07) is 4.03. The summed E-state index contributed by atoms with van der Waals surface area (Å²) >= 11 is 3.53. The summed E-state index contributed by atoms with van der Waals surface area (Å²) in [5, 5.41) is 0. The molecular formula is C15H22BrNO3. The van der Waals surface area contributed by atoms with Crippen LogP contribution < -0.4 is 9.47 Å². The van der Waals surface area contributed by atoms with Crippen LogP contribution in [0.15, 0.2) is 16.6 Å². The number of hydrogen-bond acceptors (Lipinski definition) is 4. The minimum Gasteiger partial charge on any atom is -0.496 e. The number of aryl methyl sites for hydroxylation is 1. The van der Waals surface area contributed by atoms with E-state index in [-0.39, 0.29) is 0 Å². The second-order valence-corrected chi connectivity index (χ2v) is 5.71. The van der Waals surface area contributed by atoms with E-state index in [9.17, 15) is 0 Å². The first-order valence-corrected chi connectivity index (χ1v) is 7.74. The number of hydrogen-bond donors (Lipinski definition) is 0. The highest BCUT2D eigenvalue weighted by Gasteiger charge is 2.12.